The quantitative estimate of drug-likeness (QED) is 0.645. The molecule has 0 atom stereocenters. The van der Waals surface area contributed by atoms with Gasteiger partial charge in [-0.05, 0) is 18.2 Å². The number of carbonyl (C=O) groups excluding carboxylic acids is 1. The third-order valence-corrected chi connectivity index (χ3v) is 3.16. The van der Waals surface area contributed by atoms with Crippen molar-refractivity contribution in [2.24, 2.45) is 0 Å². The Kier molecular flexibility index (Phi) is 5.42. The van der Waals surface area contributed by atoms with Gasteiger partial charge < -0.3 is 10.1 Å². The minimum absolute atomic E-state index is 0.102. The van der Waals surface area contributed by atoms with E-state index in [2.05, 4.69) is 0 Å². The molecule has 0 spiro atoms. The maximum atomic E-state index is 13.1. The molecule has 2 aromatic carbocycles. The standard InChI is InChI=1S/C16H10F3N3O4/c17-16(18,19)12-7-11(22(24)25)5-6-13(12)21-15(23)9-26-14-4-2-1-3-10(14)8-20/h1-7H,9H2,(H,21,23). The third kappa shape index (κ3) is 4.47. The van der Waals surface area contributed by atoms with Crippen molar-refractivity contribution in [1.82, 2.24) is 0 Å². The Bertz CT molecular complexity index is 891. The molecule has 0 saturated carbocycles. The highest BCUT2D eigenvalue weighted by molar-refractivity contribution is 5.93. The largest absolute Gasteiger partial charge is 0.482 e. The van der Waals surface area contributed by atoms with Crippen molar-refractivity contribution in [3.63, 3.8) is 0 Å². The summed E-state index contributed by atoms with van der Waals surface area (Å²) in [5, 5.41) is 21.5. The fourth-order valence-electron chi connectivity index (χ4n) is 2.00. The number of anilines is 1. The first-order valence-electron chi connectivity index (χ1n) is 7.00. The molecular weight excluding hydrogens is 355 g/mol. The molecule has 0 unspecified atom stereocenters. The van der Waals surface area contributed by atoms with E-state index in [9.17, 15) is 28.1 Å². The fourth-order valence-corrected chi connectivity index (χ4v) is 2.00. The van der Waals surface area contributed by atoms with E-state index < -0.39 is 40.6 Å². The van der Waals surface area contributed by atoms with Gasteiger partial charge in [-0.3, -0.25) is 14.9 Å². The highest BCUT2D eigenvalue weighted by Gasteiger charge is 2.35. The number of amides is 1. The van der Waals surface area contributed by atoms with Crippen molar-refractivity contribution in [1.29, 1.82) is 5.26 Å². The minimum atomic E-state index is -4.90. The number of ether oxygens (including phenoxy) is 1. The number of nitro benzene ring substituents is 1. The van der Waals surface area contributed by atoms with Crippen LogP contribution in [0.3, 0.4) is 0 Å². The molecule has 0 fully saturated rings. The molecule has 0 aromatic heterocycles. The van der Waals surface area contributed by atoms with Crippen LogP contribution in [-0.2, 0) is 11.0 Å². The summed E-state index contributed by atoms with van der Waals surface area (Å²) >= 11 is 0. The molecule has 0 aliphatic carbocycles. The van der Waals surface area contributed by atoms with Crippen molar-refractivity contribution >= 4 is 17.3 Å². The zero-order valence-corrected chi connectivity index (χ0v) is 12.9. The van der Waals surface area contributed by atoms with Crippen LogP contribution in [0, 0.1) is 21.4 Å². The Hall–Kier alpha value is -3.61. The Morgan fingerprint density at radius 1 is 1.27 bits per heavy atom. The Balaban J connectivity index is 2.16. The summed E-state index contributed by atoms with van der Waals surface area (Å²) in [6, 6.07) is 9.84. The summed E-state index contributed by atoms with van der Waals surface area (Å²) < 4.78 is 44.3. The van der Waals surface area contributed by atoms with Crippen LogP contribution in [0.1, 0.15) is 11.1 Å². The van der Waals surface area contributed by atoms with Crippen molar-refractivity contribution in [2.45, 2.75) is 6.18 Å². The van der Waals surface area contributed by atoms with Crippen molar-refractivity contribution in [3.05, 3.63) is 63.7 Å². The molecule has 0 aliphatic rings. The second-order valence-corrected chi connectivity index (χ2v) is 4.93. The topological polar surface area (TPSA) is 105 Å². The lowest BCUT2D eigenvalue weighted by molar-refractivity contribution is -0.385. The number of non-ortho nitro benzene ring substituents is 1. The summed E-state index contributed by atoms with van der Waals surface area (Å²) in [6.07, 6.45) is -4.90. The number of hydrogen-bond acceptors (Lipinski definition) is 5. The van der Waals surface area contributed by atoms with Crippen LogP contribution < -0.4 is 10.1 Å². The van der Waals surface area contributed by atoms with Crippen molar-refractivity contribution in [3.8, 4) is 11.8 Å². The van der Waals surface area contributed by atoms with E-state index in [1.807, 2.05) is 11.4 Å². The lowest BCUT2D eigenvalue weighted by atomic mass is 10.1. The lowest BCUT2D eigenvalue weighted by Gasteiger charge is -2.14. The maximum absolute atomic E-state index is 13.1. The molecule has 10 heteroatoms. The lowest BCUT2D eigenvalue weighted by Crippen LogP contribution is -2.22. The first-order valence-corrected chi connectivity index (χ1v) is 7.00. The Morgan fingerprint density at radius 2 is 1.96 bits per heavy atom. The van der Waals surface area contributed by atoms with Crippen LogP contribution in [0.2, 0.25) is 0 Å². The van der Waals surface area contributed by atoms with Gasteiger partial charge in [-0.25, -0.2) is 0 Å². The van der Waals surface area contributed by atoms with Crippen LogP contribution in [-0.4, -0.2) is 17.4 Å². The highest BCUT2D eigenvalue weighted by atomic mass is 19.4. The van der Waals surface area contributed by atoms with Gasteiger partial charge in [0.1, 0.15) is 11.8 Å². The highest BCUT2D eigenvalue weighted by Crippen LogP contribution is 2.37. The SMILES string of the molecule is N#Cc1ccccc1OCC(=O)Nc1ccc([N+](=O)[O-])cc1C(F)(F)F. The van der Waals surface area contributed by atoms with Crippen molar-refractivity contribution in [2.75, 3.05) is 11.9 Å². The Morgan fingerprint density at radius 3 is 2.58 bits per heavy atom. The predicted octanol–water partition coefficient (Wildman–Crippen LogP) is 3.50. The summed E-state index contributed by atoms with van der Waals surface area (Å²) in [4.78, 5) is 21.5. The molecule has 0 radical (unpaired) electrons. The second-order valence-electron chi connectivity index (χ2n) is 4.93. The van der Waals surface area contributed by atoms with Gasteiger partial charge in [0.25, 0.3) is 11.6 Å². The van der Waals surface area contributed by atoms with E-state index in [1.54, 1.807) is 12.1 Å². The number of nitrogens with zero attached hydrogens (tertiary/aromatic N) is 2. The molecule has 26 heavy (non-hydrogen) atoms. The molecule has 1 N–H and O–H groups in total. The summed E-state index contributed by atoms with van der Waals surface area (Å²) in [5.41, 5.74) is -2.58. The zero-order valence-electron chi connectivity index (χ0n) is 12.9. The molecule has 2 rings (SSSR count). The predicted molar refractivity (Wildman–Crippen MR) is 83.4 cm³/mol. The van der Waals surface area contributed by atoms with Gasteiger partial charge in [0, 0.05) is 12.1 Å². The van der Waals surface area contributed by atoms with Gasteiger partial charge in [0.15, 0.2) is 6.61 Å². The van der Waals surface area contributed by atoms with Crippen LogP contribution in [0.5, 0.6) is 5.75 Å². The van der Waals surface area contributed by atoms with E-state index in [0.717, 1.165) is 12.1 Å². The van der Waals surface area contributed by atoms with Gasteiger partial charge in [-0.2, -0.15) is 18.4 Å². The fraction of sp³-hybridized carbons (Fsp3) is 0.125. The normalized spacial score (nSPS) is 10.7. The average Bonchev–Trinajstić information content (AvgIpc) is 2.59. The molecule has 0 heterocycles. The molecule has 134 valence electrons. The van der Waals surface area contributed by atoms with Crippen LogP contribution in [0.25, 0.3) is 0 Å². The molecule has 0 bridgehead atoms. The summed E-state index contributed by atoms with van der Waals surface area (Å²) in [5.74, 6) is -0.818. The van der Waals surface area contributed by atoms with Crippen LogP contribution in [0.4, 0.5) is 24.5 Å². The summed E-state index contributed by atoms with van der Waals surface area (Å²) in [6.45, 7) is -0.646. The second kappa shape index (κ2) is 7.52. The molecule has 2 aromatic rings. The van der Waals surface area contributed by atoms with Gasteiger partial charge in [-0.1, -0.05) is 12.1 Å². The molecule has 0 saturated heterocycles. The zero-order chi connectivity index (χ0) is 19.3. The number of rotatable bonds is 5. The smallest absolute Gasteiger partial charge is 0.418 e. The minimum Gasteiger partial charge on any atom is -0.482 e. The maximum Gasteiger partial charge on any atom is 0.418 e. The van der Waals surface area contributed by atoms with E-state index >= 15 is 0 Å². The molecular formula is C16H10F3N3O4. The number of carbonyl (C=O) groups is 1. The number of hydrogen-bond donors (Lipinski definition) is 1. The number of para-hydroxylation sites is 1. The van der Waals surface area contributed by atoms with Gasteiger partial charge in [-0.15, -0.1) is 0 Å². The Labute approximate surface area is 144 Å². The monoisotopic (exact) mass is 365 g/mol. The number of halogens is 3. The van der Waals surface area contributed by atoms with E-state index in [0.29, 0.717) is 6.07 Å². The van der Waals surface area contributed by atoms with Crippen molar-refractivity contribution < 1.29 is 27.6 Å². The third-order valence-electron chi connectivity index (χ3n) is 3.16. The van der Waals surface area contributed by atoms with E-state index in [1.165, 1.54) is 12.1 Å². The van der Waals surface area contributed by atoms with E-state index in [-0.39, 0.29) is 11.3 Å². The number of nitriles is 1. The van der Waals surface area contributed by atoms with E-state index in [4.69, 9.17) is 10.00 Å². The average molecular weight is 365 g/mol. The molecule has 1 amide bonds. The molecule has 7 nitrogen and oxygen atoms in total. The number of nitro groups is 1. The first kappa shape index (κ1) is 18.7. The number of alkyl halides is 3. The van der Waals surface area contributed by atoms with Gasteiger partial charge in [0.05, 0.1) is 21.7 Å². The van der Waals surface area contributed by atoms with Gasteiger partial charge in [0.2, 0.25) is 0 Å². The number of nitrogens with one attached hydrogen (secondary N) is 1. The van der Waals surface area contributed by atoms with Crippen LogP contribution in [0.15, 0.2) is 42.5 Å². The summed E-state index contributed by atoms with van der Waals surface area (Å²) in [7, 11) is 0. The number of benzene rings is 2. The van der Waals surface area contributed by atoms with Crippen LogP contribution >= 0.6 is 0 Å². The molecule has 0 aliphatic heterocycles. The first-order chi connectivity index (χ1) is 12.2. The van der Waals surface area contributed by atoms with Gasteiger partial charge >= 0.3 is 6.18 Å².